The molecule has 1 heterocycles. The van der Waals surface area contributed by atoms with Crippen LogP contribution in [0.25, 0.3) is 0 Å². The maximum absolute atomic E-state index is 12.5. The van der Waals surface area contributed by atoms with Crippen LogP contribution in [0.15, 0.2) is 30.3 Å². The van der Waals surface area contributed by atoms with E-state index in [0.717, 1.165) is 5.56 Å². The van der Waals surface area contributed by atoms with Gasteiger partial charge in [0.1, 0.15) is 12.6 Å². The van der Waals surface area contributed by atoms with E-state index in [0.29, 0.717) is 19.4 Å². The maximum Gasteiger partial charge on any atom is 0.410 e. The predicted octanol–water partition coefficient (Wildman–Crippen LogP) is 0.826. The number of aliphatic hydroxyl groups excluding tert-OH is 1. The molecule has 1 aliphatic heterocycles. The Balaban J connectivity index is 1.96. The van der Waals surface area contributed by atoms with Gasteiger partial charge in [-0.25, -0.2) is 9.59 Å². The maximum atomic E-state index is 12.5. The topological polar surface area (TPSA) is 105 Å². The molecule has 3 atom stereocenters. The number of methoxy groups -OCH3 is 1. The Kier molecular flexibility index (Phi) is 6.97. The minimum atomic E-state index is -1.18. The van der Waals surface area contributed by atoms with Crippen molar-refractivity contribution in [2.45, 2.75) is 44.6 Å². The van der Waals surface area contributed by atoms with Crippen molar-refractivity contribution in [1.82, 2.24) is 10.2 Å². The van der Waals surface area contributed by atoms with Gasteiger partial charge in [-0.15, -0.1) is 0 Å². The lowest BCUT2D eigenvalue weighted by molar-refractivity contribution is -0.148. The van der Waals surface area contributed by atoms with Gasteiger partial charge in [0.25, 0.3) is 0 Å². The highest BCUT2D eigenvalue weighted by molar-refractivity contribution is 5.90. The highest BCUT2D eigenvalue weighted by atomic mass is 16.6. The minimum Gasteiger partial charge on any atom is -0.467 e. The standard InChI is InChI=1S/C18H24N2O6/c1-12(21)15(17(23)25-2)19-16(22)14-9-6-10-20(14)18(24)26-11-13-7-4-3-5-8-13/h3-5,7-8,12,14-15,21H,6,9-11H2,1-2H3,(H,19,22)/t12-,14-,15-/m0/s1. The average Bonchev–Trinajstić information content (AvgIpc) is 3.14. The van der Waals surface area contributed by atoms with E-state index < -0.39 is 36.2 Å². The highest BCUT2D eigenvalue weighted by Crippen LogP contribution is 2.19. The first-order valence-electron chi connectivity index (χ1n) is 8.47. The largest absolute Gasteiger partial charge is 0.467 e. The van der Waals surface area contributed by atoms with Crippen molar-refractivity contribution in [1.29, 1.82) is 0 Å². The third kappa shape index (κ3) is 4.95. The minimum absolute atomic E-state index is 0.114. The molecule has 2 N–H and O–H groups in total. The second-order valence-corrected chi connectivity index (χ2v) is 6.14. The van der Waals surface area contributed by atoms with E-state index in [1.54, 1.807) is 0 Å². The van der Waals surface area contributed by atoms with Crippen molar-refractivity contribution < 1.29 is 29.0 Å². The quantitative estimate of drug-likeness (QED) is 0.725. The van der Waals surface area contributed by atoms with Gasteiger partial charge in [0.05, 0.1) is 13.2 Å². The number of nitrogens with zero attached hydrogens (tertiary/aromatic N) is 1. The molecule has 8 heteroatoms. The number of ether oxygens (including phenoxy) is 2. The van der Waals surface area contributed by atoms with Crippen LogP contribution in [0.1, 0.15) is 25.3 Å². The summed E-state index contributed by atoms with van der Waals surface area (Å²) in [6.07, 6.45) is -0.597. The molecule has 142 valence electrons. The lowest BCUT2D eigenvalue weighted by atomic mass is 10.1. The highest BCUT2D eigenvalue weighted by Gasteiger charge is 2.37. The van der Waals surface area contributed by atoms with Crippen LogP contribution in [-0.4, -0.2) is 59.8 Å². The van der Waals surface area contributed by atoms with Crippen LogP contribution in [0.5, 0.6) is 0 Å². The Hall–Kier alpha value is -2.61. The van der Waals surface area contributed by atoms with Gasteiger partial charge in [0, 0.05) is 6.54 Å². The summed E-state index contributed by atoms with van der Waals surface area (Å²) >= 11 is 0. The molecule has 8 nitrogen and oxygen atoms in total. The predicted molar refractivity (Wildman–Crippen MR) is 92.0 cm³/mol. The second kappa shape index (κ2) is 9.19. The molecule has 0 bridgehead atoms. The van der Waals surface area contributed by atoms with E-state index in [4.69, 9.17) is 4.74 Å². The first-order valence-corrected chi connectivity index (χ1v) is 8.47. The Morgan fingerprint density at radius 2 is 2.00 bits per heavy atom. The normalized spacial score (nSPS) is 18.7. The third-order valence-corrected chi connectivity index (χ3v) is 4.23. The number of hydrogen-bond acceptors (Lipinski definition) is 6. The number of carbonyl (C=O) groups is 3. The van der Waals surface area contributed by atoms with E-state index in [9.17, 15) is 19.5 Å². The molecule has 0 aromatic heterocycles. The van der Waals surface area contributed by atoms with E-state index in [1.165, 1.54) is 18.9 Å². The van der Waals surface area contributed by atoms with Crippen LogP contribution < -0.4 is 5.32 Å². The summed E-state index contributed by atoms with van der Waals surface area (Å²) in [6, 6.07) is 7.30. The van der Waals surface area contributed by atoms with Gasteiger partial charge in [-0.3, -0.25) is 9.69 Å². The molecule has 0 unspecified atom stereocenters. The molecule has 1 fully saturated rings. The molecule has 0 spiro atoms. The molecular weight excluding hydrogens is 340 g/mol. The van der Waals surface area contributed by atoms with Crippen molar-refractivity contribution in [2.24, 2.45) is 0 Å². The molecule has 1 aromatic carbocycles. The van der Waals surface area contributed by atoms with Gasteiger partial charge < -0.3 is 19.9 Å². The van der Waals surface area contributed by atoms with E-state index >= 15 is 0 Å². The first-order chi connectivity index (χ1) is 12.4. The van der Waals surface area contributed by atoms with Crippen LogP contribution in [0, 0.1) is 0 Å². The van der Waals surface area contributed by atoms with Gasteiger partial charge in [-0.05, 0) is 25.3 Å². The number of esters is 1. The summed E-state index contributed by atoms with van der Waals surface area (Å²) in [6.45, 7) is 1.88. The SMILES string of the molecule is COC(=O)[C@@H](NC(=O)[C@@H]1CCCN1C(=O)OCc1ccccc1)[C@H](C)O. The summed E-state index contributed by atoms with van der Waals surface area (Å²) in [5, 5.41) is 12.1. The number of rotatable bonds is 6. The molecule has 1 saturated heterocycles. The summed E-state index contributed by atoms with van der Waals surface area (Å²) < 4.78 is 9.86. The molecule has 0 aliphatic carbocycles. The Bertz CT molecular complexity index is 634. The van der Waals surface area contributed by atoms with Crippen LogP contribution in [0.2, 0.25) is 0 Å². The average molecular weight is 364 g/mol. The number of benzene rings is 1. The number of likely N-dealkylation sites (tertiary alicyclic amines) is 1. The number of amides is 2. The summed E-state index contributed by atoms with van der Waals surface area (Å²) in [5.41, 5.74) is 0.848. The van der Waals surface area contributed by atoms with Crippen LogP contribution in [0.3, 0.4) is 0 Å². The van der Waals surface area contributed by atoms with E-state index in [2.05, 4.69) is 10.1 Å². The van der Waals surface area contributed by atoms with Crippen LogP contribution in [-0.2, 0) is 25.7 Å². The zero-order chi connectivity index (χ0) is 19.1. The number of aliphatic hydroxyl groups is 1. The monoisotopic (exact) mass is 364 g/mol. The molecule has 0 saturated carbocycles. The van der Waals surface area contributed by atoms with Gasteiger partial charge in [-0.1, -0.05) is 30.3 Å². The molecule has 1 aliphatic rings. The second-order valence-electron chi connectivity index (χ2n) is 6.14. The lowest BCUT2D eigenvalue weighted by Gasteiger charge is -2.26. The van der Waals surface area contributed by atoms with Crippen molar-refractivity contribution in [3.05, 3.63) is 35.9 Å². The van der Waals surface area contributed by atoms with E-state index in [1.807, 2.05) is 30.3 Å². The van der Waals surface area contributed by atoms with Crippen LogP contribution >= 0.6 is 0 Å². The van der Waals surface area contributed by atoms with E-state index in [-0.39, 0.29) is 6.61 Å². The van der Waals surface area contributed by atoms with Crippen molar-refractivity contribution in [3.63, 3.8) is 0 Å². The number of nitrogens with one attached hydrogen (secondary N) is 1. The molecule has 26 heavy (non-hydrogen) atoms. The molecule has 0 radical (unpaired) electrons. The molecule has 2 rings (SSSR count). The third-order valence-electron chi connectivity index (χ3n) is 4.23. The van der Waals surface area contributed by atoms with Crippen molar-refractivity contribution in [2.75, 3.05) is 13.7 Å². The fraction of sp³-hybridized carbons (Fsp3) is 0.500. The summed E-state index contributed by atoms with van der Waals surface area (Å²) in [4.78, 5) is 37.8. The van der Waals surface area contributed by atoms with Gasteiger partial charge in [0.2, 0.25) is 5.91 Å². The Labute approximate surface area is 152 Å². The fourth-order valence-electron chi connectivity index (χ4n) is 2.81. The Morgan fingerprint density at radius 3 is 2.62 bits per heavy atom. The zero-order valence-corrected chi connectivity index (χ0v) is 14.9. The summed E-state index contributed by atoms with van der Waals surface area (Å²) in [7, 11) is 1.17. The smallest absolute Gasteiger partial charge is 0.410 e. The molecule has 2 amide bonds. The molecule has 1 aromatic rings. The van der Waals surface area contributed by atoms with Gasteiger partial charge in [0.15, 0.2) is 6.04 Å². The Morgan fingerprint density at radius 1 is 1.31 bits per heavy atom. The molecular formula is C18H24N2O6. The van der Waals surface area contributed by atoms with Gasteiger partial charge >= 0.3 is 12.1 Å². The lowest BCUT2D eigenvalue weighted by Crippen LogP contribution is -2.54. The zero-order valence-electron chi connectivity index (χ0n) is 14.9. The number of hydrogen-bond donors (Lipinski definition) is 2. The van der Waals surface area contributed by atoms with Crippen LogP contribution in [0.4, 0.5) is 4.79 Å². The number of carbonyl (C=O) groups excluding carboxylic acids is 3. The van der Waals surface area contributed by atoms with Gasteiger partial charge in [-0.2, -0.15) is 0 Å². The van der Waals surface area contributed by atoms with Crippen molar-refractivity contribution >= 4 is 18.0 Å². The summed E-state index contributed by atoms with van der Waals surface area (Å²) in [5.74, 6) is -1.26. The first kappa shape index (κ1) is 19.7. The fourth-order valence-corrected chi connectivity index (χ4v) is 2.81. The van der Waals surface area contributed by atoms with Crippen molar-refractivity contribution in [3.8, 4) is 0 Å².